The number of benzene rings is 1. The fourth-order valence-electron chi connectivity index (χ4n) is 2.14. The largest absolute Gasteiger partial charge is 0.497 e. The predicted molar refractivity (Wildman–Crippen MR) is 99.9 cm³/mol. The van der Waals surface area contributed by atoms with E-state index in [0.717, 1.165) is 21.8 Å². The van der Waals surface area contributed by atoms with Crippen molar-refractivity contribution in [3.63, 3.8) is 0 Å². The second-order valence-electron chi connectivity index (χ2n) is 5.10. The summed E-state index contributed by atoms with van der Waals surface area (Å²) in [4.78, 5) is 12.9. The van der Waals surface area contributed by atoms with Gasteiger partial charge >= 0.3 is 0 Å². The summed E-state index contributed by atoms with van der Waals surface area (Å²) in [7, 11) is 3.21. The van der Waals surface area contributed by atoms with Crippen LogP contribution in [0, 0.1) is 0 Å². The molecular weight excluding hydrogens is 348 g/mol. The topological polar surface area (TPSA) is 73.6 Å². The van der Waals surface area contributed by atoms with Crippen LogP contribution in [0.4, 0.5) is 0 Å². The molecule has 1 aromatic heterocycles. The average Bonchev–Trinajstić information content (AvgIpc) is 3.07. The molecule has 0 saturated heterocycles. The third-order valence-electron chi connectivity index (χ3n) is 3.55. The number of thiophene rings is 1. The third kappa shape index (κ3) is 5.79. The van der Waals surface area contributed by atoms with E-state index in [9.17, 15) is 4.79 Å². The molecule has 0 spiro atoms. The van der Waals surface area contributed by atoms with E-state index in [1.807, 2.05) is 24.3 Å². The van der Waals surface area contributed by atoms with E-state index in [-0.39, 0.29) is 30.8 Å². The van der Waals surface area contributed by atoms with Crippen LogP contribution in [-0.2, 0) is 16.1 Å². The molecule has 132 valence electrons. The van der Waals surface area contributed by atoms with E-state index in [1.165, 1.54) is 0 Å². The number of hydrogen-bond acceptors (Lipinski definition) is 5. The Labute approximate surface area is 152 Å². The second-order valence-corrected chi connectivity index (χ2v) is 6.10. The van der Waals surface area contributed by atoms with Gasteiger partial charge in [-0.25, -0.2) is 0 Å². The van der Waals surface area contributed by atoms with Crippen molar-refractivity contribution in [3.8, 4) is 16.9 Å². The van der Waals surface area contributed by atoms with Gasteiger partial charge in [-0.1, -0.05) is 12.1 Å². The maximum absolute atomic E-state index is 11.8. The normalized spacial score (nSPS) is 11.5. The van der Waals surface area contributed by atoms with Gasteiger partial charge in [0.15, 0.2) is 0 Å². The molecular formula is C17H23ClN2O3S. The zero-order chi connectivity index (χ0) is 16.7. The third-order valence-corrected chi connectivity index (χ3v) is 4.48. The van der Waals surface area contributed by atoms with Gasteiger partial charge in [0, 0.05) is 18.5 Å². The lowest BCUT2D eigenvalue weighted by atomic mass is 10.1. The lowest BCUT2D eigenvalue weighted by Gasteiger charge is -2.12. The van der Waals surface area contributed by atoms with Crippen LogP contribution in [0.25, 0.3) is 11.1 Å². The van der Waals surface area contributed by atoms with Gasteiger partial charge in [-0.05, 0) is 34.7 Å². The smallest absolute Gasteiger partial charge is 0.222 e. The number of rotatable bonds is 8. The van der Waals surface area contributed by atoms with Gasteiger partial charge in [-0.15, -0.1) is 23.7 Å². The van der Waals surface area contributed by atoms with Gasteiger partial charge < -0.3 is 20.5 Å². The minimum absolute atomic E-state index is 0. The number of carbonyl (C=O) groups is 1. The van der Waals surface area contributed by atoms with Gasteiger partial charge in [0.05, 0.1) is 26.2 Å². The number of hydrogen-bond donors (Lipinski definition) is 2. The van der Waals surface area contributed by atoms with E-state index >= 15 is 0 Å². The minimum atomic E-state index is -0.229. The molecule has 1 unspecified atom stereocenters. The monoisotopic (exact) mass is 370 g/mol. The summed E-state index contributed by atoms with van der Waals surface area (Å²) in [6.45, 7) is 0.852. The number of amides is 1. The quantitative estimate of drug-likeness (QED) is 0.749. The Hall–Kier alpha value is -1.60. The van der Waals surface area contributed by atoms with Crippen molar-refractivity contribution in [2.45, 2.75) is 19.1 Å². The summed E-state index contributed by atoms with van der Waals surface area (Å²) in [5, 5.41) is 4.98. The molecule has 24 heavy (non-hydrogen) atoms. The van der Waals surface area contributed by atoms with E-state index < -0.39 is 0 Å². The number of halogens is 1. The average molecular weight is 371 g/mol. The zero-order valence-electron chi connectivity index (χ0n) is 13.8. The van der Waals surface area contributed by atoms with Gasteiger partial charge in [0.25, 0.3) is 0 Å². The van der Waals surface area contributed by atoms with Crippen molar-refractivity contribution in [2.75, 3.05) is 20.8 Å². The predicted octanol–water partition coefficient (Wildman–Crippen LogP) is 2.83. The van der Waals surface area contributed by atoms with Crippen molar-refractivity contribution < 1.29 is 14.3 Å². The molecule has 5 nitrogen and oxygen atoms in total. The highest BCUT2D eigenvalue weighted by Gasteiger charge is 2.11. The molecule has 2 rings (SSSR count). The van der Waals surface area contributed by atoms with Crippen molar-refractivity contribution >= 4 is 29.7 Å². The Kier molecular flexibility index (Phi) is 8.78. The molecule has 1 amide bonds. The Morgan fingerprint density at radius 1 is 1.25 bits per heavy atom. The second kappa shape index (κ2) is 10.3. The Balaban J connectivity index is 0.00000288. The van der Waals surface area contributed by atoms with E-state index in [2.05, 4.69) is 16.8 Å². The van der Waals surface area contributed by atoms with Crippen LogP contribution in [0.2, 0.25) is 0 Å². The highest BCUT2D eigenvalue weighted by molar-refractivity contribution is 7.10. The summed E-state index contributed by atoms with van der Waals surface area (Å²) in [5.41, 5.74) is 7.78. The van der Waals surface area contributed by atoms with E-state index in [0.29, 0.717) is 13.1 Å². The molecule has 0 aliphatic heterocycles. The highest BCUT2D eigenvalue weighted by atomic mass is 35.5. The number of nitrogens with one attached hydrogen (secondary N) is 1. The summed E-state index contributed by atoms with van der Waals surface area (Å²) in [6.07, 6.45) is 0.0529. The van der Waals surface area contributed by atoms with Crippen molar-refractivity contribution in [3.05, 3.63) is 40.6 Å². The number of ether oxygens (including phenoxy) is 2. The first-order chi connectivity index (χ1) is 11.2. The Morgan fingerprint density at radius 3 is 2.54 bits per heavy atom. The van der Waals surface area contributed by atoms with Gasteiger partial charge in [-0.3, -0.25) is 4.79 Å². The molecule has 3 N–H and O–H groups in total. The number of carbonyl (C=O) groups excluding carboxylic acids is 1. The van der Waals surface area contributed by atoms with E-state index in [1.54, 1.807) is 25.6 Å². The highest BCUT2D eigenvalue weighted by Crippen LogP contribution is 2.27. The van der Waals surface area contributed by atoms with Crippen molar-refractivity contribution in [2.24, 2.45) is 5.73 Å². The molecule has 7 heteroatoms. The molecule has 2 aromatic rings. The maximum Gasteiger partial charge on any atom is 0.222 e. The summed E-state index contributed by atoms with van der Waals surface area (Å²) < 4.78 is 10.3. The molecule has 0 saturated carbocycles. The van der Waals surface area contributed by atoms with Crippen molar-refractivity contribution in [1.82, 2.24) is 5.32 Å². The zero-order valence-corrected chi connectivity index (χ0v) is 15.4. The van der Waals surface area contributed by atoms with Crippen LogP contribution in [0.1, 0.15) is 11.3 Å². The number of nitrogens with two attached hydrogens (primary N) is 1. The lowest BCUT2D eigenvalue weighted by molar-refractivity contribution is -0.123. The number of methoxy groups -OCH3 is 2. The standard InChI is InChI=1S/C17H22N2O3S.ClH/c1-21-14-5-3-12(4-6-14)13-7-16(23-11-13)10-19-17(20)8-15(9-18)22-2;/h3-7,11,15H,8-10,18H2,1-2H3,(H,19,20);1H. The van der Waals surface area contributed by atoms with Gasteiger partial charge in [0.1, 0.15) is 5.75 Å². The summed E-state index contributed by atoms with van der Waals surface area (Å²) >= 11 is 1.62. The van der Waals surface area contributed by atoms with Crippen LogP contribution < -0.4 is 15.8 Å². The molecule has 1 atom stereocenters. The Bertz CT molecular complexity index is 627. The van der Waals surface area contributed by atoms with Crippen LogP contribution in [-0.4, -0.2) is 32.8 Å². The maximum atomic E-state index is 11.8. The van der Waals surface area contributed by atoms with Crippen LogP contribution in [0.3, 0.4) is 0 Å². The SMILES string of the molecule is COc1ccc(-c2csc(CNC(=O)CC(CN)OC)c2)cc1.Cl. The first kappa shape index (κ1) is 20.4. The Morgan fingerprint density at radius 2 is 1.96 bits per heavy atom. The van der Waals surface area contributed by atoms with Crippen LogP contribution in [0.15, 0.2) is 35.7 Å². The summed E-state index contributed by atoms with van der Waals surface area (Å²) in [5.74, 6) is 0.783. The lowest BCUT2D eigenvalue weighted by Crippen LogP contribution is -2.31. The first-order valence-electron chi connectivity index (χ1n) is 7.37. The first-order valence-corrected chi connectivity index (χ1v) is 8.25. The molecule has 0 fully saturated rings. The van der Waals surface area contributed by atoms with Gasteiger partial charge in [0.2, 0.25) is 5.91 Å². The van der Waals surface area contributed by atoms with Crippen molar-refractivity contribution in [1.29, 1.82) is 0 Å². The fraction of sp³-hybridized carbons (Fsp3) is 0.353. The fourth-order valence-corrected chi connectivity index (χ4v) is 2.97. The van der Waals surface area contributed by atoms with Gasteiger partial charge in [-0.2, -0.15) is 0 Å². The van der Waals surface area contributed by atoms with E-state index in [4.69, 9.17) is 15.2 Å². The van der Waals surface area contributed by atoms with Crippen LogP contribution in [0.5, 0.6) is 5.75 Å². The molecule has 0 bridgehead atoms. The summed E-state index contributed by atoms with van der Waals surface area (Å²) in [6, 6.07) is 10.0. The molecule has 0 radical (unpaired) electrons. The molecule has 0 aliphatic rings. The molecule has 1 aromatic carbocycles. The minimum Gasteiger partial charge on any atom is -0.497 e. The molecule has 1 heterocycles. The molecule has 0 aliphatic carbocycles. The van der Waals surface area contributed by atoms with Crippen LogP contribution >= 0.6 is 23.7 Å².